The maximum absolute atomic E-state index is 13.7. The number of nitrogens with zero attached hydrogens (tertiary/aromatic N) is 2. The molecular formula is C21H22N2O4S2. The quantitative estimate of drug-likeness (QED) is 0.486. The number of rotatable bonds is 5. The summed E-state index contributed by atoms with van der Waals surface area (Å²) in [4.78, 5) is 31.3. The number of carboxylic acids is 1. The molecule has 1 N–H and O–H groups in total. The van der Waals surface area contributed by atoms with Crippen LogP contribution >= 0.6 is 23.1 Å². The summed E-state index contributed by atoms with van der Waals surface area (Å²) in [5.74, 6) is -0.748. The van der Waals surface area contributed by atoms with Gasteiger partial charge in [0.05, 0.1) is 29.5 Å². The van der Waals surface area contributed by atoms with Crippen LogP contribution in [0.3, 0.4) is 0 Å². The van der Waals surface area contributed by atoms with E-state index in [-0.39, 0.29) is 17.4 Å². The van der Waals surface area contributed by atoms with E-state index in [0.29, 0.717) is 34.3 Å². The Morgan fingerprint density at radius 1 is 1.41 bits per heavy atom. The van der Waals surface area contributed by atoms with E-state index in [9.17, 15) is 9.59 Å². The number of hydrogen-bond donors (Lipinski definition) is 1. The zero-order chi connectivity index (χ0) is 20.7. The summed E-state index contributed by atoms with van der Waals surface area (Å²) in [5, 5.41) is 10.2. The van der Waals surface area contributed by atoms with E-state index in [2.05, 4.69) is 13.8 Å². The number of carboxylic acid groups (broad SMARTS) is 1. The lowest BCUT2D eigenvalue weighted by Gasteiger charge is -2.26. The Balaban J connectivity index is 1.96. The number of thiophene rings is 1. The molecule has 0 unspecified atom stereocenters. The molecule has 1 aromatic carbocycles. The van der Waals surface area contributed by atoms with Crippen molar-refractivity contribution in [2.45, 2.75) is 45.1 Å². The molecule has 29 heavy (non-hydrogen) atoms. The van der Waals surface area contributed by atoms with Crippen LogP contribution in [0.4, 0.5) is 0 Å². The van der Waals surface area contributed by atoms with Gasteiger partial charge in [-0.1, -0.05) is 43.8 Å². The summed E-state index contributed by atoms with van der Waals surface area (Å²) in [7, 11) is 0. The highest BCUT2D eigenvalue weighted by Crippen LogP contribution is 2.36. The highest BCUT2D eigenvalue weighted by molar-refractivity contribution is 7.99. The first-order valence-corrected chi connectivity index (χ1v) is 11.3. The van der Waals surface area contributed by atoms with Crippen LogP contribution in [-0.2, 0) is 22.6 Å². The second-order valence-corrected chi connectivity index (χ2v) is 9.51. The molecule has 0 amide bonds. The van der Waals surface area contributed by atoms with Crippen LogP contribution in [0, 0.1) is 12.8 Å². The molecule has 1 aliphatic heterocycles. The van der Waals surface area contributed by atoms with Crippen LogP contribution < -0.4 is 5.56 Å². The molecule has 4 rings (SSSR count). The summed E-state index contributed by atoms with van der Waals surface area (Å²) in [6, 6.07) is 7.59. The molecule has 0 bridgehead atoms. The monoisotopic (exact) mass is 430 g/mol. The highest BCUT2D eigenvalue weighted by atomic mass is 32.2. The van der Waals surface area contributed by atoms with Crippen molar-refractivity contribution in [3.05, 3.63) is 50.6 Å². The molecule has 2 aromatic heterocycles. The third kappa shape index (κ3) is 3.72. The number of aliphatic carboxylic acids is 1. The van der Waals surface area contributed by atoms with E-state index in [0.717, 1.165) is 33.5 Å². The molecule has 0 saturated carbocycles. The fourth-order valence-electron chi connectivity index (χ4n) is 3.59. The van der Waals surface area contributed by atoms with Gasteiger partial charge in [0.2, 0.25) is 0 Å². The summed E-state index contributed by atoms with van der Waals surface area (Å²) in [5.41, 5.74) is 2.55. The van der Waals surface area contributed by atoms with Crippen molar-refractivity contribution in [1.82, 2.24) is 9.55 Å². The van der Waals surface area contributed by atoms with E-state index >= 15 is 0 Å². The third-order valence-corrected chi connectivity index (χ3v) is 7.16. The van der Waals surface area contributed by atoms with Gasteiger partial charge in [-0.2, -0.15) is 0 Å². The predicted octanol–water partition coefficient (Wildman–Crippen LogP) is 4.03. The van der Waals surface area contributed by atoms with Gasteiger partial charge in [-0.25, -0.2) is 4.98 Å². The predicted molar refractivity (Wildman–Crippen MR) is 115 cm³/mol. The van der Waals surface area contributed by atoms with E-state index in [1.165, 1.54) is 11.3 Å². The molecule has 0 saturated heterocycles. The van der Waals surface area contributed by atoms with Gasteiger partial charge in [0.25, 0.3) is 5.56 Å². The maximum Gasteiger partial charge on any atom is 0.313 e. The lowest BCUT2D eigenvalue weighted by Crippen LogP contribution is -2.28. The maximum atomic E-state index is 13.7. The van der Waals surface area contributed by atoms with E-state index in [1.54, 1.807) is 4.57 Å². The zero-order valence-corrected chi connectivity index (χ0v) is 18.1. The van der Waals surface area contributed by atoms with Crippen molar-refractivity contribution in [2.75, 3.05) is 5.75 Å². The van der Waals surface area contributed by atoms with Crippen LogP contribution in [-0.4, -0.2) is 32.5 Å². The molecule has 0 aliphatic carbocycles. The van der Waals surface area contributed by atoms with Crippen LogP contribution in [0.2, 0.25) is 0 Å². The van der Waals surface area contributed by atoms with Gasteiger partial charge < -0.3 is 9.84 Å². The summed E-state index contributed by atoms with van der Waals surface area (Å²) < 4.78 is 7.54. The molecule has 0 fully saturated rings. The Bertz CT molecular complexity index is 1150. The minimum absolute atomic E-state index is 0.0765. The van der Waals surface area contributed by atoms with Gasteiger partial charge in [-0.05, 0) is 30.0 Å². The summed E-state index contributed by atoms with van der Waals surface area (Å²) in [6.07, 6.45) is 0.770. The Kier molecular flexibility index (Phi) is 5.50. The first kappa shape index (κ1) is 20.1. The number of fused-ring (bicyclic) bond motifs is 3. The SMILES string of the molecule is Cc1ccccc1-n1c(SCC(=O)O)nc2sc3c(c2c1=O)C[C@H](C(C)C)OC3. The molecule has 0 radical (unpaired) electrons. The number of aromatic nitrogens is 2. The largest absolute Gasteiger partial charge is 0.481 e. The fourth-order valence-corrected chi connectivity index (χ4v) is 5.48. The van der Waals surface area contributed by atoms with Crippen molar-refractivity contribution in [2.24, 2.45) is 5.92 Å². The standard InChI is InChI=1S/C21H22N2O4S2/c1-11(2)15-8-13-16(9-27-15)29-19-18(13)20(26)23(14-7-5-4-6-12(14)3)21(22-19)28-10-17(24)25/h4-7,11,15H,8-10H2,1-3H3,(H,24,25)/t15-/m1/s1. The van der Waals surface area contributed by atoms with Crippen LogP contribution in [0.15, 0.2) is 34.2 Å². The van der Waals surface area contributed by atoms with Gasteiger partial charge >= 0.3 is 5.97 Å². The second-order valence-electron chi connectivity index (χ2n) is 7.49. The average Bonchev–Trinajstić information content (AvgIpc) is 3.05. The molecular weight excluding hydrogens is 408 g/mol. The molecule has 1 atom stereocenters. The first-order valence-electron chi connectivity index (χ1n) is 9.46. The normalized spacial score (nSPS) is 16.3. The first-order chi connectivity index (χ1) is 13.9. The minimum atomic E-state index is -0.945. The molecule has 0 spiro atoms. The van der Waals surface area contributed by atoms with Crippen molar-refractivity contribution in [3.63, 3.8) is 0 Å². The van der Waals surface area contributed by atoms with Crippen molar-refractivity contribution < 1.29 is 14.6 Å². The van der Waals surface area contributed by atoms with Crippen molar-refractivity contribution in [3.8, 4) is 5.69 Å². The van der Waals surface area contributed by atoms with Gasteiger partial charge in [0.1, 0.15) is 4.83 Å². The lowest BCUT2D eigenvalue weighted by atomic mass is 9.96. The fraction of sp³-hybridized carbons (Fsp3) is 0.381. The second kappa shape index (κ2) is 7.93. The molecule has 3 aromatic rings. The van der Waals surface area contributed by atoms with Gasteiger partial charge in [-0.15, -0.1) is 11.3 Å². The van der Waals surface area contributed by atoms with E-state index in [4.69, 9.17) is 14.8 Å². The third-order valence-electron chi connectivity index (χ3n) is 5.14. The van der Waals surface area contributed by atoms with E-state index in [1.807, 2.05) is 31.2 Å². The van der Waals surface area contributed by atoms with E-state index < -0.39 is 5.97 Å². The Hall–Kier alpha value is -2.16. The molecule has 152 valence electrons. The number of para-hydroxylation sites is 1. The van der Waals surface area contributed by atoms with Crippen molar-refractivity contribution in [1.29, 1.82) is 0 Å². The number of thioether (sulfide) groups is 1. The van der Waals surface area contributed by atoms with Crippen molar-refractivity contribution >= 4 is 39.3 Å². The number of hydrogen-bond acceptors (Lipinski definition) is 6. The number of benzene rings is 1. The molecule has 1 aliphatic rings. The minimum Gasteiger partial charge on any atom is -0.481 e. The van der Waals surface area contributed by atoms with Gasteiger partial charge in [0, 0.05) is 11.3 Å². The summed E-state index contributed by atoms with van der Waals surface area (Å²) >= 11 is 2.54. The Morgan fingerprint density at radius 2 is 2.17 bits per heavy atom. The summed E-state index contributed by atoms with van der Waals surface area (Å²) in [6.45, 7) is 6.66. The van der Waals surface area contributed by atoms with Crippen LogP contribution in [0.5, 0.6) is 0 Å². The topological polar surface area (TPSA) is 81.4 Å². The zero-order valence-electron chi connectivity index (χ0n) is 16.5. The highest BCUT2D eigenvalue weighted by Gasteiger charge is 2.29. The molecule has 3 heterocycles. The Labute approximate surface area is 176 Å². The average molecular weight is 431 g/mol. The lowest BCUT2D eigenvalue weighted by molar-refractivity contribution is -0.133. The Morgan fingerprint density at radius 3 is 2.86 bits per heavy atom. The smallest absolute Gasteiger partial charge is 0.313 e. The number of carbonyl (C=O) groups is 1. The van der Waals surface area contributed by atoms with Gasteiger partial charge in [-0.3, -0.25) is 14.2 Å². The molecule has 8 heteroatoms. The number of aryl methyl sites for hydroxylation is 1. The van der Waals surface area contributed by atoms with Gasteiger partial charge in [0.15, 0.2) is 5.16 Å². The number of ether oxygens (including phenoxy) is 1. The van der Waals surface area contributed by atoms with Crippen LogP contribution in [0.25, 0.3) is 15.9 Å². The molecule has 6 nitrogen and oxygen atoms in total. The van der Waals surface area contributed by atoms with Crippen LogP contribution in [0.1, 0.15) is 29.9 Å².